The van der Waals surface area contributed by atoms with E-state index in [1.807, 2.05) is 4.90 Å². The summed E-state index contributed by atoms with van der Waals surface area (Å²) in [5.41, 5.74) is 1.07. The molecule has 1 N–H and O–H groups in total. The molecule has 3 rings (SSSR count). The zero-order valence-corrected chi connectivity index (χ0v) is 15.5. The van der Waals surface area contributed by atoms with Gasteiger partial charge in [0.25, 0.3) is 5.91 Å². The monoisotopic (exact) mass is 355 g/mol. The standard InChI is InChI=1S/C19H25N5O2/c1-4-18(25)22-15-5-6-17(20-8-15)24-11-16(21-12-24)19(26)23-9-13(2)7-14(3)10-23/h5-6,8,11-14H,4,7,9-10H2,1-3H3,(H,22,25). The van der Waals surface area contributed by atoms with Crippen molar-refractivity contribution in [1.29, 1.82) is 0 Å². The second-order valence-corrected chi connectivity index (χ2v) is 7.13. The van der Waals surface area contributed by atoms with Crippen LogP contribution in [0.15, 0.2) is 30.9 Å². The van der Waals surface area contributed by atoms with E-state index < -0.39 is 0 Å². The zero-order chi connectivity index (χ0) is 18.7. The van der Waals surface area contributed by atoms with Gasteiger partial charge in [-0.05, 0) is 30.4 Å². The van der Waals surface area contributed by atoms with Crippen LogP contribution in [0.4, 0.5) is 5.69 Å². The number of nitrogens with one attached hydrogen (secondary N) is 1. The van der Waals surface area contributed by atoms with Crippen LogP contribution in [0.5, 0.6) is 0 Å². The van der Waals surface area contributed by atoms with Crippen molar-refractivity contribution in [2.75, 3.05) is 18.4 Å². The Kier molecular flexibility index (Phi) is 5.35. The first-order chi connectivity index (χ1) is 12.5. The fourth-order valence-electron chi connectivity index (χ4n) is 3.41. The number of pyridine rings is 1. The minimum atomic E-state index is -0.0555. The van der Waals surface area contributed by atoms with Crippen molar-refractivity contribution in [3.63, 3.8) is 0 Å². The molecule has 26 heavy (non-hydrogen) atoms. The van der Waals surface area contributed by atoms with Crippen LogP contribution in [0, 0.1) is 11.8 Å². The van der Waals surface area contributed by atoms with Gasteiger partial charge in [0.2, 0.25) is 5.91 Å². The van der Waals surface area contributed by atoms with E-state index in [1.165, 1.54) is 0 Å². The summed E-state index contributed by atoms with van der Waals surface area (Å²) in [5.74, 6) is 1.58. The summed E-state index contributed by atoms with van der Waals surface area (Å²) in [6.45, 7) is 7.71. The van der Waals surface area contributed by atoms with Gasteiger partial charge in [-0.1, -0.05) is 20.8 Å². The lowest BCUT2D eigenvalue weighted by molar-refractivity contribution is -0.115. The van der Waals surface area contributed by atoms with Crippen LogP contribution in [0.1, 0.15) is 44.1 Å². The third-order valence-corrected chi connectivity index (χ3v) is 4.58. The minimum Gasteiger partial charge on any atom is -0.337 e. The Labute approximate surface area is 153 Å². The molecule has 1 fully saturated rings. The van der Waals surface area contributed by atoms with Crippen LogP contribution >= 0.6 is 0 Å². The van der Waals surface area contributed by atoms with E-state index in [0.29, 0.717) is 35.5 Å². The molecule has 0 bridgehead atoms. The third-order valence-electron chi connectivity index (χ3n) is 4.58. The minimum absolute atomic E-state index is 0.0334. The number of carbonyl (C=O) groups is 2. The lowest BCUT2D eigenvalue weighted by Crippen LogP contribution is -2.42. The highest BCUT2D eigenvalue weighted by Crippen LogP contribution is 2.22. The SMILES string of the molecule is CCC(=O)Nc1ccc(-n2cnc(C(=O)N3CC(C)CC(C)C3)c2)nc1. The van der Waals surface area contributed by atoms with Crippen molar-refractivity contribution in [3.8, 4) is 5.82 Å². The number of carbonyl (C=O) groups excluding carboxylic acids is 2. The highest BCUT2D eigenvalue weighted by atomic mass is 16.2. The van der Waals surface area contributed by atoms with E-state index in [1.54, 1.807) is 42.3 Å². The van der Waals surface area contributed by atoms with Gasteiger partial charge < -0.3 is 10.2 Å². The molecule has 7 nitrogen and oxygen atoms in total. The number of likely N-dealkylation sites (tertiary alicyclic amines) is 1. The maximum atomic E-state index is 12.7. The fourth-order valence-corrected chi connectivity index (χ4v) is 3.41. The van der Waals surface area contributed by atoms with Crippen molar-refractivity contribution >= 4 is 17.5 Å². The Bertz CT molecular complexity index is 773. The number of rotatable bonds is 4. The van der Waals surface area contributed by atoms with Crippen molar-refractivity contribution < 1.29 is 9.59 Å². The van der Waals surface area contributed by atoms with E-state index in [9.17, 15) is 9.59 Å². The van der Waals surface area contributed by atoms with E-state index >= 15 is 0 Å². The summed E-state index contributed by atoms with van der Waals surface area (Å²) in [6, 6.07) is 3.57. The van der Waals surface area contributed by atoms with Gasteiger partial charge in [-0.25, -0.2) is 9.97 Å². The van der Waals surface area contributed by atoms with Crippen LogP contribution < -0.4 is 5.32 Å². The van der Waals surface area contributed by atoms with Gasteiger partial charge in [0.15, 0.2) is 0 Å². The van der Waals surface area contributed by atoms with Gasteiger partial charge in [-0.3, -0.25) is 14.2 Å². The lowest BCUT2D eigenvalue weighted by atomic mass is 9.92. The summed E-state index contributed by atoms with van der Waals surface area (Å²) in [7, 11) is 0. The molecule has 138 valence electrons. The highest BCUT2D eigenvalue weighted by molar-refractivity contribution is 5.92. The quantitative estimate of drug-likeness (QED) is 0.914. The summed E-state index contributed by atoms with van der Waals surface area (Å²) in [4.78, 5) is 34.6. The second-order valence-electron chi connectivity index (χ2n) is 7.13. The normalized spacial score (nSPS) is 20.0. The first kappa shape index (κ1) is 18.1. The van der Waals surface area contributed by atoms with Gasteiger partial charge in [0, 0.05) is 25.7 Å². The summed E-state index contributed by atoms with van der Waals surface area (Å²) < 4.78 is 1.72. The molecule has 1 aliphatic heterocycles. The Morgan fingerprint density at radius 3 is 2.54 bits per heavy atom. The van der Waals surface area contributed by atoms with E-state index in [0.717, 1.165) is 19.5 Å². The number of anilines is 1. The zero-order valence-electron chi connectivity index (χ0n) is 15.5. The molecule has 1 saturated heterocycles. The van der Waals surface area contributed by atoms with Gasteiger partial charge in [0.1, 0.15) is 17.8 Å². The molecule has 1 aliphatic rings. The van der Waals surface area contributed by atoms with E-state index in [2.05, 4.69) is 29.1 Å². The molecule has 7 heteroatoms. The van der Waals surface area contributed by atoms with Crippen LogP contribution in [0.25, 0.3) is 5.82 Å². The van der Waals surface area contributed by atoms with Crippen LogP contribution in [-0.2, 0) is 4.79 Å². The van der Waals surface area contributed by atoms with Gasteiger partial charge in [0.05, 0.1) is 11.9 Å². The fraction of sp³-hybridized carbons (Fsp3) is 0.474. The Balaban J connectivity index is 1.71. The number of hydrogen-bond acceptors (Lipinski definition) is 4. The number of nitrogens with zero attached hydrogens (tertiary/aromatic N) is 4. The largest absolute Gasteiger partial charge is 0.337 e. The van der Waals surface area contributed by atoms with Gasteiger partial charge >= 0.3 is 0 Å². The first-order valence-corrected chi connectivity index (χ1v) is 9.05. The van der Waals surface area contributed by atoms with Crippen molar-refractivity contribution in [1.82, 2.24) is 19.4 Å². The molecule has 0 aromatic carbocycles. The molecule has 0 spiro atoms. The lowest BCUT2D eigenvalue weighted by Gasteiger charge is -2.34. The average Bonchev–Trinajstić information content (AvgIpc) is 3.10. The number of amides is 2. The molecule has 2 atom stereocenters. The van der Waals surface area contributed by atoms with Gasteiger partial charge in [-0.2, -0.15) is 0 Å². The first-order valence-electron chi connectivity index (χ1n) is 9.05. The number of hydrogen-bond donors (Lipinski definition) is 1. The molecule has 2 aromatic heterocycles. The Hall–Kier alpha value is -2.70. The molecular formula is C19H25N5O2. The smallest absolute Gasteiger partial charge is 0.274 e. The molecule has 2 aromatic rings. The summed E-state index contributed by atoms with van der Waals surface area (Å²) in [6.07, 6.45) is 6.47. The van der Waals surface area contributed by atoms with Gasteiger partial charge in [-0.15, -0.1) is 0 Å². The molecule has 0 saturated carbocycles. The topological polar surface area (TPSA) is 80.1 Å². The van der Waals surface area contributed by atoms with E-state index in [-0.39, 0.29) is 11.8 Å². The molecule has 2 amide bonds. The predicted molar refractivity (Wildman–Crippen MR) is 99.1 cm³/mol. The number of piperidine rings is 1. The number of imidazole rings is 1. The van der Waals surface area contributed by atoms with Crippen molar-refractivity contribution in [2.45, 2.75) is 33.6 Å². The highest BCUT2D eigenvalue weighted by Gasteiger charge is 2.27. The van der Waals surface area contributed by atoms with Crippen molar-refractivity contribution in [2.24, 2.45) is 11.8 Å². The second kappa shape index (κ2) is 7.68. The Morgan fingerprint density at radius 1 is 1.19 bits per heavy atom. The van der Waals surface area contributed by atoms with E-state index in [4.69, 9.17) is 0 Å². The molecular weight excluding hydrogens is 330 g/mol. The third kappa shape index (κ3) is 4.09. The van der Waals surface area contributed by atoms with Crippen LogP contribution in [0.3, 0.4) is 0 Å². The summed E-state index contributed by atoms with van der Waals surface area (Å²) in [5, 5.41) is 2.76. The maximum Gasteiger partial charge on any atom is 0.274 e. The predicted octanol–water partition coefficient (Wildman–Crippen LogP) is 2.73. The molecule has 0 aliphatic carbocycles. The maximum absolute atomic E-state index is 12.7. The Morgan fingerprint density at radius 2 is 1.92 bits per heavy atom. The summed E-state index contributed by atoms with van der Waals surface area (Å²) >= 11 is 0. The average molecular weight is 355 g/mol. The van der Waals surface area contributed by atoms with Crippen LogP contribution in [-0.4, -0.2) is 44.3 Å². The number of aromatic nitrogens is 3. The van der Waals surface area contributed by atoms with Crippen LogP contribution in [0.2, 0.25) is 0 Å². The molecule has 3 heterocycles. The van der Waals surface area contributed by atoms with Crippen molar-refractivity contribution in [3.05, 3.63) is 36.5 Å². The molecule has 0 radical (unpaired) electrons. The molecule has 2 unspecified atom stereocenters.